The third-order valence-electron chi connectivity index (χ3n) is 3.05. The molecule has 20 heavy (non-hydrogen) atoms. The first-order chi connectivity index (χ1) is 9.56. The van der Waals surface area contributed by atoms with Crippen LogP contribution in [0.1, 0.15) is 57.6 Å². The highest BCUT2D eigenvalue weighted by Crippen LogP contribution is 2.21. The second-order valence-corrected chi connectivity index (χ2v) is 4.95. The zero-order valence-electron chi connectivity index (χ0n) is 13.5. The SMILES string of the molecule is CCCC(N)=O.CCCCc1c(C)cccc1NCC. The molecule has 1 rings (SSSR count). The maximum Gasteiger partial charge on any atom is 0.217 e. The lowest BCUT2D eigenvalue weighted by Gasteiger charge is -2.13. The first-order valence-electron chi connectivity index (χ1n) is 7.67. The van der Waals surface area contributed by atoms with Gasteiger partial charge < -0.3 is 11.1 Å². The van der Waals surface area contributed by atoms with Crippen molar-refractivity contribution < 1.29 is 4.79 Å². The molecule has 0 aliphatic carbocycles. The quantitative estimate of drug-likeness (QED) is 0.791. The van der Waals surface area contributed by atoms with Crippen molar-refractivity contribution in [3.63, 3.8) is 0 Å². The van der Waals surface area contributed by atoms with E-state index in [1.54, 1.807) is 0 Å². The van der Waals surface area contributed by atoms with Gasteiger partial charge in [-0.05, 0) is 50.3 Å². The van der Waals surface area contributed by atoms with E-state index >= 15 is 0 Å². The van der Waals surface area contributed by atoms with Crippen LogP contribution in [-0.2, 0) is 11.2 Å². The minimum atomic E-state index is -0.211. The number of benzene rings is 1. The van der Waals surface area contributed by atoms with Crippen molar-refractivity contribution in [1.82, 2.24) is 0 Å². The third-order valence-corrected chi connectivity index (χ3v) is 3.05. The monoisotopic (exact) mass is 278 g/mol. The normalized spacial score (nSPS) is 9.60. The Bertz CT molecular complexity index is 389. The number of carbonyl (C=O) groups excluding carboxylic acids is 1. The molecule has 0 bridgehead atoms. The van der Waals surface area contributed by atoms with E-state index in [1.165, 1.54) is 36.1 Å². The molecule has 0 radical (unpaired) electrons. The summed E-state index contributed by atoms with van der Waals surface area (Å²) in [6.45, 7) is 9.51. The minimum Gasteiger partial charge on any atom is -0.385 e. The van der Waals surface area contributed by atoms with Gasteiger partial charge in [0, 0.05) is 18.7 Å². The summed E-state index contributed by atoms with van der Waals surface area (Å²) in [7, 11) is 0. The number of unbranched alkanes of at least 4 members (excludes halogenated alkanes) is 1. The van der Waals surface area contributed by atoms with Gasteiger partial charge in [0.1, 0.15) is 0 Å². The second-order valence-electron chi connectivity index (χ2n) is 4.95. The third kappa shape index (κ3) is 7.82. The zero-order chi connectivity index (χ0) is 15.4. The average molecular weight is 278 g/mol. The molecule has 0 fully saturated rings. The van der Waals surface area contributed by atoms with Gasteiger partial charge in [-0.2, -0.15) is 0 Å². The summed E-state index contributed by atoms with van der Waals surface area (Å²) in [6.07, 6.45) is 5.12. The number of aryl methyl sites for hydroxylation is 1. The Hall–Kier alpha value is -1.51. The Balaban J connectivity index is 0.000000511. The fourth-order valence-electron chi connectivity index (χ4n) is 1.99. The van der Waals surface area contributed by atoms with E-state index in [1.807, 2.05) is 6.92 Å². The highest BCUT2D eigenvalue weighted by molar-refractivity contribution is 5.73. The van der Waals surface area contributed by atoms with Crippen molar-refractivity contribution in [3.05, 3.63) is 29.3 Å². The maximum atomic E-state index is 9.82. The fourth-order valence-corrected chi connectivity index (χ4v) is 1.99. The molecule has 0 heterocycles. The molecule has 0 unspecified atom stereocenters. The molecule has 0 spiro atoms. The summed E-state index contributed by atoms with van der Waals surface area (Å²) in [5.74, 6) is -0.211. The molecular formula is C17H30N2O. The Morgan fingerprint density at radius 2 is 1.90 bits per heavy atom. The maximum absolute atomic E-state index is 9.82. The van der Waals surface area contributed by atoms with Crippen molar-refractivity contribution in [2.24, 2.45) is 5.73 Å². The van der Waals surface area contributed by atoms with Gasteiger partial charge >= 0.3 is 0 Å². The van der Waals surface area contributed by atoms with Crippen molar-refractivity contribution in [3.8, 4) is 0 Å². The summed E-state index contributed by atoms with van der Waals surface area (Å²) in [4.78, 5) is 9.82. The molecule has 1 aromatic carbocycles. The standard InChI is InChI=1S/C13H21N.C4H9NO/c1-4-6-9-12-11(3)8-7-10-13(12)14-5-2;1-2-3-4(5)6/h7-8,10,14H,4-6,9H2,1-3H3;2-3H2,1H3,(H2,5,6). The molecule has 0 aliphatic rings. The second kappa shape index (κ2) is 11.3. The summed E-state index contributed by atoms with van der Waals surface area (Å²) < 4.78 is 0. The number of amides is 1. The lowest BCUT2D eigenvalue weighted by Crippen LogP contribution is -2.08. The largest absolute Gasteiger partial charge is 0.385 e. The Morgan fingerprint density at radius 3 is 2.35 bits per heavy atom. The molecule has 3 N–H and O–H groups in total. The molecule has 0 saturated carbocycles. The molecule has 0 atom stereocenters. The Labute approximate surface area is 124 Å². The van der Waals surface area contributed by atoms with Crippen molar-refractivity contribution in [1.29, 1.82) is 0 Å². The number of hydrogen-bond acceptors (Lipinski definition) is 2. The highest BCUT2D eigenvalue weighted by atomic mass is 16.1. The lowest BCUT2D eigenvalue weighted by molar-refractivity contribution is -0.118. The van der Waals surface area contributed by atoms with Gasteiger partial charge in [0.25, 0.3) is 0 Å². The van der Waals surface area contributed by atoms with E-state index in [9.17, 15) is 4.79 Å². The van der Waals surface area contributed by atoms with Crippen LogP contribution < -0.4 is 11.1 Å². The average Bonchev–Trinajstić information content (AvgIpc) is 2.39. The number of carbonyl (C=O) groups is 1. The number of nitrogens with one attached hydrogen (secondary N) is 1. The smallest absolute Gasteiger partial charge is 0.217 e. The number of hydrogen-bond donors (Lipinski definition) is 2. The molecule has 1 amide bonds. The van der Waals surface area contributed by atoms with Gasteiger partial charge in [-0.15, -0.1) is 0 Å². The lowest BCUT2D eigenvalue weighted by atomic mass is 10.0. The van der Waals surface area contributed by atoms with Crippen molar-refractivity contribution >= 4 is 11.6 Å². The Kier molecular flexibility index (Phi) is 10.5. The van der Waals surface area contributed by atoms with Gasteiger partial charge in [-0.25, -0.2) is 0 Å². The van der Waals surface area contributed by atoms with Crippen LogP contribution in [0.2, 0.25) is 0 Å². The minimum absolute atomic E-state index is 0.211. The molecule has 3 nitrogen and oxygen atoms in total. The molecule has 3 heteroatoms. The first-order valence-corrected chi connectivity index (χ1v) is 7.67. The zero-order valence-corrected chi connectivity index (χ0v) is 13.5. The van der Waals surface area contributed by atoms with E-state index in [0.29, 0.717) is 6.42 Å². The summed E-state index contributed by atoms with van der Waals surface area (Å²) in [5.41, 5.74) is 8.99. The Morgan fingerprint density at radius 1 is 1.20 bits per heavy atom. The fraction of sp³-hybridized carbons (Fsp3) is 0.588. The summed E-state index contributed by atoms with van der Waals surface area (Å²) >= 11 is 0. The van der Waals surface area contributed by atoms with Gasteiger partial charge in [0.15, 0.2) is 0 Å². The van der Waals surface area contributed by atoms with Gasteiger partial charge in [0.05, 0.1) is 0 Å². The number of nitrogens with two attached hydrogens (primary N) is 1. The van der Waals surface area contributed by atoms with Crippen molar-refractivity contribution in [2.75, 3.05) is 11.9 Å². The van der Waals surface area contributed by atoms with Crippen LogP contribution >= 0.6 is 0 Å². The van der Waals surface area contributed by atoms with Crippen molar-refractivity contribution in [2.45, 2.75) is 59.8 Å². The van der Waals surface area contributed by atoms with Crippen LogP contribution in [0.15, 0.2) is 18.2 Å². The summed E-state index contributed by atoms with van der Waals surface area (Å²) in [5, 5.41) is 3.43. The molecule has 0 aromatic heterocycles. The molecular weight excluding hydrogens is 248 g/mol. The predicted octanol–water partition coefficient (Wildman–Crippen LogP) is 4.04. The van der Waals surface area contributed by atoms with E-state index in [2.05, 4.69) is 44.3 Å². The number of anilines is 1. The molecule has 0 aliphatic heterocycles. The van der Waals surface area contributed by atoms with Crippen LogP contribution in [0, 0.1) is 6.92 Å². The van der Waals surface area contributed by atoms with Gasteiger partial charge in [-0.1, -0.05) is 32.4 Å². The van der Waals surface area contributed by atoms with E-state index in [0.717, 1.165) is 13.0 Å². The van der Waals surface area contributed by atoms with Crippen LogP contribution in [0.3, 0.4) is 0 Å². The van der Waals surface area contributed by atoms with E-state index in [-0.39, 0.29) is 5.91 Å². The van der Waals surface area contributed by atoms with Gasteiger partial charge in [-0.3, -0.25) is 4.79 Å². The van der Waals surface area contributed by atoms with Crippen LogP contribution in [0.25, 0.3) is 0 Å². The highest BCUT2D eigenvalue weighted by Gasteiger charge is 2.03. The number of primary amides is 1. The molecule has 1 aromatic rings. The van der Waals surface area contributed by atoms with E-state index < -0.39 is 0 Å². The topological polar surface area (TPSA) is 55.1 Å². The van der Waals surface area contributed by atoms with Crippen LogP contribution in [-0.4, -0.2) is 12.5 Å². The van der Waals surface area contributed by atoms with Crippen LogP contribution in [0.4, 0.5) is 5.69 Å². The number of rotatable bonds is 7. The first kappa shape index (κ1) is 18.5. The van der Waals surface area contributed by atoms with E-state index in [4.69, 9.17) is 5.73 Å². The van der Waals surface area contributed by atoms with Gasteiger partial charge in [0.2, 0.25) is 5.91 Å². The van der Waals surface area contributed by atoms with Crippen LogP contribution in [0.5, 0.6) is 0 Å². The molecule has 114 valence electrons. The molecule has 0 saturated heterocycles. The predicted molar refractivity (Wildman–Crippen MR) is 88.1 cm³/mol. The summed E-state index contributed by atoms with van der Waals surface area (Å²) in [6, 6.07) is 6.51.